The maximum atomic E-state index is 4.80. The second-order valence-corrected chi connectivity index (χ2v) is 2.85. The lowest BCUT2D eigenvalue weighted by molar-refractivity contribution is 0.922. The van der Waals surface area contributed by atoms with E-state index in [0.717, 1.165) is 12.0 Å². The van der Waals surface area contributed by atoms with Crippen LogP contribution in [0.4, 0.5) is 0 Å². The summed E-state index contributed by atoms with van der Waals surface area (Å²) in [5.41, 5.74) is 2.52. The fraction of sp³-hybridized carbons (Fsp3) is 0.300. The van der Waals surface area contributed by atoms with Crippen molar-refractivity contribution < 1.29 is 0 Å². The van der Waals surface area contributed by atoms with Crippen molar-refractivity contribution in [2.75, 3.05) is 0 Å². The third-order valence-corrected chi connectivity index (χ3v) is 1.93. The highest BCUT2D eigenvalue weighted by atomic mass is 32.1. The van der Waals surface area contributed by atoms with Gasteiger partial charge < -0.3 is 0 Å². The lowest BCUT2D eigenvalue weighted by Gasteiger charge is -1.97. The minimum atomic E-state index is 1.12. The third kappa shape index (κ3) is 2.43. The number of rotatable bonds is 3. The lowest BCUT2D eigenvalue weighted by atomic mass is 10.1. The van der Waals surface area contributed by atoms with Crippen molar-refractivity contribution in [2.24, 2.45) is 0 Å². The quantitative estimate of drug-likeness (QED) is 0.619. The maximum Gasteiger partial charge on any atom is 0.00861 e. The van der Waals surface area contributed by atoms with E-state index in [-0.39, 0.29) is 0 Å². The van der Waals surface area contributed by atoms with Gasteiger partial charge in [-0.15, -0.1) is 0 Å². The van der Waals surface area contributed by atoms with E-state index >= 15 is 0 Å². The smallest absolute Gasteiger partial charge is 0.00861 e. The van der Waals surface area contributed by atoms with Crippen LogP contribution in [0.3, 0.4) is 0 Å². The Morgan fingerprint density at radius 3 is 2.36 bits per heavy atom. The summed E-state index contributed by atoms with van der Waals surface area (Å²) in [5, 5.41) is 1.70. The van der Waals surface area contributed by atoms with Crippen molar-refractivity contribution in [3.05, 3.63) is 35.4 Å². The predicted molar refractivity (Wildman–Crippen MR) is 53.2 cm³/mol. The molecule has 0 heterocycles. The Morgan fingerprint density at radius 2 is 1.91 bits per heavy atom. The van der Waals surface area contributed by atoms with Crippen LogP contribution < -0.4 is 0 Å². The topological polar surface area (TPSA) is 0 Å². The molecule has 0 nitrogen and oxygen atoms in total. The Hall–Kier alpha value is -0.690. The van der Waals surface area contributed by atoms with Gasteiger partial charge in [0.1, 0.15) is 0 Å². The molecule has 11 heavy (non-hydrogen) atoms. The zero-order chi connectivity index (χ0) is 8.10. The molecule has 0 unspecified atom stereocenters. The first-order valence-electron chi connectivity index (χ1n) is 3.91. The first kappa shape index (κ1) is 8.41. The van der Waals surface area contributed by atoms with Gasteiger partial charge in [-0.05, 0) is 17.5 Å². The summed E-state index contributed by atoms with van der Waals surface area (Å²) in [7, 11) is 0. The van der Waals surface area contributed by atoms with Crippen LogP contribution in [0.1, 0.15) is 24.5 Å². The molecule has 1 aromatic rings. The number of thiocarbonyl (C=S) groups is 1. The molecule has 0 bridgehead atoms. The standard InChI is InChI=1S/C10H12S/c1-2-3-9-4-6-10(8-11)7-5-9/h4-8H,2-3H2,1H3. The van der Waals surface area contributed by atoms with E-state index in [1.165, 1.54) is 12.0 Å². The lowest BCUT2D eigenvalue weighted by Crippen LogP contribution is -1.83. The second-order valence-electron chi connectivity index (χ2n) is 2.61. The maximum absolute atomic E-state index is 4.80. The van der Waals surface area contributed by atoms with E-state index < -0.39 is 0 Å². The minimum Gasteiger partial charge on any atom is -0.0881 e. The third-order valence-electron chi connectivity index (χ3n) is 1.65. The van der Waals surface area contributed by atoms with Crippen molar-refractivity contribution in [3.63, 3.8) is 0 Å². The molecular weight excluding hydrogens is 152 g/mol. The van der Waals surface area contributed by atoms with Gasteiger partial charge in [-0.2, -0.15) is 0 Å². The highest BCUT2D eigenvalue weighted by Gasteiger charge is 1.89. The summed E-state index contributed by atoms with van der Waals surface area (Å²) < 4.78 is 0. The van der Waals surface area contributed by atoms with Crippen LogP contribution in [0.15, 0.2) is 24.3 Å². The fourth-order valence-electron chi connectivity index (χ4n) is 1.05. The van der Waals surface area contributed by atoms with Gasteiger partial charge in [-0.3, -0.25) is 0 Å². The van der Waals surface area contributed by atoms with Gasteiger partial charge in [0.25, 0.3) is 0 Å². The van der Waals surface area contributed by atoms with Crippen LogP contribution in [0.25, 0.3) is 0 Å². The molecule has 0 fully saturated rings. The average Bonchev–Trinajstić information content (AvgIpc) is 2.07. The van der Waals surface area contributed by atoms with Gasteiger partial charge in [-0.1, -0.05) is 49.8 Å². The van der Waals surface area contributed by atoms with Gasteiger partial charge in [0.2, 0.25) is 0 Å². The van der Waals surface area contributed by atoms with Crippen molar-refractivity contribution in [1.29, 1.82) is 0 Å². The molecule has 0 saturated carbocycles. The average molecular weight is 164 g/mol. The van der Waals surface area contributed by atoms with Crippen LogP contribution in [0.2, 0.25) is 0 Å². The van der Waals surface area contributed by atoms with Crippen LogP contribution in [0, 0.1) is 0 Å². The summed E-state index contributed by atoms with van der Waals surface area (Å²) in [5.74, 6) is 0. The molecule has 1 heteroatoms. The Morgan fingerprint density at radius 1 is 1.27 bits per heavy atom. The van der Waals surface area contributed by atoms with Crippen LogP contribution in [-0.2, 0) is 6.42 Å². The number of benzene rings is 1. The Kier molecular flexibility index (Phi) is 3.24. The van der Waals surface area contributed by atoms with E-state index in [1.54, 1.807) is 5.37 Å². The molecule has 0 atom stereocenters. The second kappa shape index (κ2) is 4.24. The molecule has 58 valence electrons. The van der Waals surface area contributed by atoms with Gasteiger partial charge in [0.15, 0.2) is 0 Å². The molecule has 0 amide bonds. The van der Waals surface area contributed by atoms with Crippen molar-refractivity contribution >= 4 is 17.6 Å². The van der Waals surface area contributed by atoms with Crippen LogP contribution in [-0.4, -0.2) is 5.37 Å². The fourth-order valence-corrected chi connectivity index (χ4v) is 1.21. The van der Waals surface area contributed by atoms with Crippen molar-refractivity contribution in [2.45, 2.75) is 19.8 Å². The normalized spacial score (nSPS) is 9.55. The molecule has 0 N–H and O–H groups in total. The molecule has 0 aliphatic rings. The molecule has 0 radical (unpaired) electrons. The molecule has 0 spiro atoms. The summed E-state index contributed by atoms with van der Waals surface area (Å²) in [6, 6.07) is 8.42. The highest BCUT2D eigenvalue weighted by molar-refractivity contribution is 7.79. The van der Waals surface area contributed by atoms with E-state index in [9.17, 15) is 0 Å². The van der Waals surface area contributed by atoms with Gasteiger partial charge in [0, 0.05) is 5.37 Å². The number of aryl methyl sites for hydroxylation is 1. The van der Waals surface area contributed by atoms with E-state index in [2.05, 4.69) is 31.2 Å². The number of hydrogen-bond donors (Lipinski definition) is 0. The number of hydrogen-bond acceptors (Lipinski definition) is 1. The molecule has 0 aromatic heterocycles. The monoisotopic (exact) mass is 164 g/mol. The Labute approximate surface area is 73.2 Å². The minimum absolute atomic E-state index is 1.12. The molecule has 1 rings (SSSR count). The molecule has 0 saturated heterocycles. The summed E-state index contributed by atoms with van der Waals surface area (Å²) in [6.07, 6.45) is 2.37. The van der Waals surface area contributed by atoms with E-state index in [1.807, 2.05) is 0 Å². The van der Waals surface area contributed by atoms with Gasteiger partial charge >= 0.3 is 0 Å². The van der Waals surface area contributed by atoms with Gasteiger partial charge in [0.05, 0.1) is 0 Å². The zero-order valence-corrected chi connectivity index (χ0v) is 7.53. The van der Waals surface area contributed by atoms with Crippen LogP contribution in [0.5, 0.6) is 0 Å². The SMILES string of the molecule is CCCc1ccc(C=S)cc1. The Bertz CT molecular complexity index is 223. The van der Waals surface area contributed by atoms with Crippen molar-refractivity contribution in [1.82, 2.24) is 0 Å². The van der Waals surface area contributed by atoms with Gasteiger partial charge in [-0.25, -0.2) is 0 Å². The van der Waals surface area contributed by atoms with Crippen LogP contribution >= 0.6 is 12.2 Å². The summed E-state index contributed by atoms with van der Waals surface area (Å²) in [4.78, 5) is 0. The Balaban J connectivity index is 2.74. The largest absolute Gasteiger partial charge is 0.0881 e. The molecule has 0 aliphatic heterocycles. The summed E-state index contributed by atoms with van der Waals surface area (Å²) in [6.45, 7) is 2.19. The molecular formula is C10H12S. The molecule has 0 aliphatic carbocycles. The highest BCUT2D eigenvalue weighted by Crippen LogP contribution is 2.04. The zero-order valence-electron chi connectivity index (χ0n) is 6.71. The van der Waals surface area contributed by atoms with E-state index in [0.29, 0.717) is 0 Å². The van der Waals surface area contributed by atoms with Crippen molar-refractivity contribution in [3.8, 4) is 0 Å². The summed E-state index contributed by atoms with van der Waals surface area (Å²) >= 11 is 4.80. The first-order chi connectivity index (χ1) is 5.36. The predicted octanol–water partition coefficient (Wildman–Crippen LogP) is 2.99. The van der Waals surface area contributed by atoms with E-state index in [4.69, 9.17) is 12.2 Å². The first-order valence-corrected chi connectivity index (χ1v) is 4.38. The molecule has 1 aromatic carbocycles.